The van der Waals surface area contributed by atoms with Crippen molar-refractivity contribution in [2.24, 2.45) is 0 Å². The second-order valence-corrected chi connectivity index (χ2v) is 5.57. The molecule has 1 heterocycles. The van der Waals surface area contributed by atoms with Crippen molar-refractivity contribution in [2.45, 2.75) is 38.8 Å². The van der Waals surface area contributed by atoms with E-state index in [0.29, 0.717) is 12.1 Å². The molecule has 1 N–H and O–H groups in total. The first-order chi connectivity index (χ1) is 8.65. The molecule has 4 heteroatoms. The van der Waals surface area contributed by atoms with E-state index in [0.717, 1.165) is 19.7 Å². The second kappa shape index (κ2) is 8.86. The first-order valence-electron chi connectivity index (χ1n) is 7.29. The molecular weight excluding hydrogens is 226 g/mol. The standard InChI is InChI=1S/C14H31N3O/c1-13-11-17(12-14(2)16(13)3)9-6-5-7-15-8-10-18-4/h13-15H,5-12H2,1-4H3. The lowest BCUT2D eigenvalue weighted by atomic mass is 10.1. The Kier molecular flexibility index (Phi) is 7.82. The van der Waals surface area contributed by atoms with E-state index in [2.05, 4.69) is 36.0 Å². The highest BCUT2D eigenvalue weighted by Crippen LogP contribution is 2.13. The van der Waals surface area contributed by atoms with Gasteiger partial charge in [0, 0.05) is 38.8 Å². The maximum Gasteiger partial charge on any atom is 0.0587 e. The minimum absolute atomic E-state index is 0.688. The minimum atomic E-state index is 0.688. The van der Waals surface area contributed by atoms with Crippen molar-refractivity contribution in [3.8, 4) is 0 Å². The number of likely N-dealkylation sites (N-methyl/N-ethyl adjacent to an activating group) is 1. The average molecular weight is 257 g/mol. The van der Waals surface area contributed by atoms with E-state index in [9.17, 15) is 0 Å². The van der Waals surface area contributed by atoms with Gasteiger partial charge in [0.25, 0.3) is 0 Å². The third kappa shape index (κ3) is 5.65. The zero-order chi connectivity index (χ0) is 13.4. The third-order valence-electron chi connectivity index (χ3n) is 4.00. The molecule has 108 valence electrons. The van der Waals surface area contributed by atoms with Crippen LogP contribution in [0, 0.1) is 0 Å². The first-order valence-corrected chi connectivity index (χ1v) is 7.29. The maximum atomic E-state index is 5.00. The van der Waals surface area contributed by atoms with Gasteiger partial charge < -0.3 is 15.0 Å². The second-order valence-electron chi connectivity index (χ2n) is 5.57. The van der Waals surface area contributed by atoms with Gasteiger partial charge in [-0.05, 0) is 46.8 Å². The van der Waals surface area contributed by atoms with Gasteiger partial charge in [0.15, 0.2) is 0 Å². The maximum absolute atomic E-state index is 5.00. The Morgan fingerprint density at radius 1 is 1.11 bits per heavy atom. The van der Waals surface area contributed by atoms with E-state index < -0.39 is 0 Å². The normalized spacial score (nSPS) is 26.7. The zero-order valence-electron chi connectivity index (χ0n) is 12.6. The molecule has 0 aromatic heterocycles. The van der Waals surface area contributed by atoms with Gasteiger partial charge in [-0.2, -0.15) is 0 Å². The average Bonchev–Trinajstić information content (AvgIpc) is 2.34. The van der Waals surface area contributed by atoms with Crippen LogP contribution in [0.5, 0.6) is 0 Å². The molecule has 0 bridgehead atoms. The van der Waals surface area contributed by atoms with Gasteiger partial charge in [0.1, 0.15) is 0 Å². The molecule has 0 spiro atoms. The van der Waals surface area contributed by atoms with Crippen molar-refractivity contribution in [2.75, 3.05) is 53.5 Å². The molecule has 0 aliphatic carbocycles. The van der Waals surface area contributed by atoms with Crippen LogP contribution in [0.15, 0.2) is 0 Å². The van der Waals surface area contributed by atoms with Crippen molar-refractivity contribution in [1.29, 1.82) is 0 Å². The Balaban J connectivity index is 2.02. The van der Waals surface area contributed by atoms with Gasteiger partial charge in [-0.25, -0.2) is 0 Å². The van der Waals surface area contributed by atoms with Gasteiger partial charge >= 0.3 is 0 Å². The highest BCUT2D eigenvalue weighted by atomic mass is 16.5. The lowest BCUT2D eigenvalue weighted by molar-refractivity contribution is 0.0592. The molecule has 1 aliphatic heterocycles. The number of hydrogen-bond acceptors (Lipinski definition) is 4. The molecule has 0 amide bonds. The number of nitrogens with zero attached hydrogens (tertiary/aromatic N) is 2. The Labute approximate surface area is 113 Å². The molecule has 0 aromatic carbocycles. The third-order valence-corrected chi connectivity index (χ3v) is 4.00. The van der Waals surface area contributed by atoms with Gasteiger partial charge in [0.2, 0.25) is 0 Å². The first kappa shape index (κ1) is 15.9. The highest BCUT2D eigenvalue weighted by Gasteiger charge is 2.25. The van der Waals surface area contributed by atoms with E-state index >= 15 is 0 Å². The Hall–Kier alpha value is -0.160. The largest absolute Gasteiger partial charge is 0.383 e. The monoisotopic (exact) mass is 257 g/mol. The number of unbranched alkanes of at least 4 members (excludes halogenated alkanes) is 1. The van der Waals surface area contributed by atoms with Crippen LogP contribution in [-0.4, -0.2) is 75.4 Å². The number of ether oxygens (including phenoxy) is 1. The van der Waals surface area contributed by atoms with Crippen LogP contribution in [0.25, 0.3) is 0 Å². The topological polar surface area (TPSA) is 27.7 Å². The summed E-state index contributed by atoms with van der Waals surface area (Å²) in [5.41, 5.74) is 0. The van der Waals surface area contributed by atoms with Gasteiger partial charge in [-0.1, -0.05) is 0 Å². The van der Waals surface area contributed by atoms with E-state index in [1.165, 1.54) is 32.5 Å². The fourth-order valence-corrected chi connectivity index (χ4v) is 2.58. The predicted molar refractivity (Wildman–Crippen MR) is 77.1 cm³/mol. The molecule has 1 saturated heterocycles. The summed E-state index contributed by atoms with van der Waals surface area (Å²) in [4.78, 5) is 5.10. The van der Waals surface area contributed by atoms with E-state index in [4.69, 9.17) is 4.74 Å². The quantitative estimate of drug-likeness (QED) is 0.657. The van der Waals surface area contributed by atoms with Gasteiger partial charge in [-0.15, -0.1) is 0 Å². The van der Waals surface area contributed by atoms with Gasteiger partial charge in [0.05, 0.1) is 6.61 Å². The zero-order valence-corrected chi connectivity index (χ0v) is 12.6. The van der Waals surface area contributed by atoms with Crippen LogP contribution in [0.2, 0.25) is 0 Å². The van der Waals surface area contributed by atoms with Crippen molar-refractivity contribution >= 4 is 0 Å². The molecule has 1 aliphatic rings. The SMILES string of the molecule is COCCNCCCCN1CC(C)N(C)C(C)C1. The van der Waals surface area contributed by atoms with Crippen molar-refractivity contribution in [1.82, 2.24) is 15.1 Å². The smallest absolute Gasteiger partial charge is 0.0587 e. The van der Waals surface area contributed by atoms with Crippen LogP contribution in [0.4, 0.5) is 0 Å². The van der Waals surface area contributed by atoms with E-state index in [1.54, 1.807) is 7.11 Å². The van der Waals surface area contributed by atoms with E-state index in [1.807, 2.05) is 0 Å². The summed E-state index contributed by atoms with van der Waals surface area (Å²) in [5.74, 6) is 0. The van der Waals surface area contributed by atoms with Crippen molar-refractivity contribution in [3.63, 3.8) is 0 Å². The number of nitrogens with one attached hydrogen (secondary N) is 1. The predicted octanol–water partition coefficient (Wildman–Crippen LogP) is 1.03. The van der Waals surface area contributed by atoms with Crippen molar-refractivity contribution < 1.29 is 4.74 Å². The lowest BCUT2D eigenvalue weighted by Gasteiger charge is -2.42. The Bertz CT molecular complexity index is 201. The number of hydrogen-bond donors (Lipinski definition) is 1. The summed E-state index contributed by atoms with van der Waals surface area (Å²) in [5, 5.41) is 3.40. The molecule has 1 rings (SSSR count). The lowest BCUT2D eigenvalue weighted by Crippen LogP contribution is -2.54. The summed E-state index contributed by atoms with van der Waals surface area (Å²) in [7, 11) is 3.99. The number of rotatable bonds is 8. The summed E-state index contributed by atoms with van der Waals surface area (Å²) in [6.45, 7) is 11.2. The van der Waals surface area contributed by atoms with Crippen LogP contribution in [0.1, 0.15) is 26.7 Å². The minimum Gasteiger partial charge on any atom is -0.383 e. The van der Waals surface area contributed by atoms with E-state index in [-0.39, 0.29) is 0 Å². The summed E-state index contributed by atoms with van der Waals surface area (Å²) < 4.78 is 5.00. The molecular formula is C14H31N3O. The highest BCUT2D eigenvalue weighted by molar-refractivity contribution is 4.82. The molecule has 18 heavy (non-hydrogen) atoms. The fraction of sp³-hybridized carbons (Fsp3) is 1.00. The Morgan fingerprint density at radius 3 is 2.39 bits per heavy atom. The van der Waals surface area contributed by atoms with Crippen LogP contribution < -0.4 is 5.32 Å². The fourth-order valence-electron chi connectivity index (χ4n) is 2.58. The summed E-state index contributed by atoms with van der Waals surface area (Å²) >= 11 is 0. The molecule has 2 unspecified atom stereocenters. The van der Waals surface area contributed by atoms with Gasteiger partial charge in [-0.3, -0.25) is 4.90 Å². The Morgan fingerprint density at radius 2 is 1.78 bits per heavy atom. The molecule has 2 atom stereocenters. The summed E-state index contributed by atoms with van der Waals surface area (Å²) in [6, 6.07) is 1.38. The van der Waals surface area contributed by atoms with Crippen LogP contribution in [0.3, 0.4) is 0 Å². The molecule has 4 nitrogen and oxygen atoms in total. The van der Waals surface area contributed by atoms with Crippen LogP contribution >= 0.6 is 0 Å². The number of methoxy groups -OCH3 is 1. The molecule has 1 fully saturated rings. The van der Waals surface area contributed by atoms with Crippen molar-refractivity contribution in [3.05, 3.63) is 0 Å². The molecule has 0 saturated carbocycles. The summed E-state index contributed by atoms with van der Waals surface area (Å²) in [6.07, 6.45) is 2.56. The molecule has 0 radical (unpaired) electrons. The van der Waals surface area contributed by atoms with Crippen LogP contribution in [-0.2, 0) is 4.74 Å². The number of piperazine rings is 1. The molecule has 0 aromatic rings.